The van der Waals surface area contributed by atoms with Gasteiger partial charge in [-0.15, -0.1) is 0 Å². The molecule has 1 saturated carbocycles. The molecule has 160 valence electrons. The highest BCUT2D eigenvalue weighted by Crippen LogP contribution is 2.16. The SMILES string of the molecule is CCNC(=O)c1cccc(NC(=O)C[NH+](Cc2ccc(F)cc2)C2CCCCC2)c1. The second kappa shape index (κ2) is 10.9. The molecule has 3 rings (SSSR count). The zero-order valence-corrected chi connectivity index (χ0v) is 17.5. The van der Waals surface area contributed by atoms with Crippen LogP contribution in [0.1, 0.15) is 54.9 Å². The molecule has 6 heteroatoms. The Labute approximate surface area is 177 Å². The van der Waals surface area contributed by atoms with Gasteiger partial charge < -0.3 is 15.5 Å². The molecular formula is C24H31FN3O2+. The summed E-state index contributed by atoms with van der Waals surface area (Å²) in [6.07, 6.45) is 5.84. The van der Waals surface area contributed by atoms with Crippen LogP contribution in [0, 0.1) is 5.82 Å². The van der Waals surface area contributed by atoms with Crippen molar-refractivity contribution in [2.24, 2.45) is 0 Å². The average Bonchev–Trinajstić information content (AvgIpc) is 2.76. The van der Waals surface area contributed by atoms with E-state index in [0.717, 1.165) is 18.4 Å². The standard InChI is InChI=1S/C24H30FN3O2/c1-2-26-24(30)19-7-6-8-21(15-19)27-23(29)17-28(22-9-4-3-5-10-22)16-18-11-13-20(25)14-12-18/h6-8,11-15,22H,2-5,9-10,16-17H2,1H3,(H,26,30)(H,27,29)/p+1. The van der Waals surface area contributed by atoms with Crippen LogP contribution in [-0.2, 0) is 11.3 Å². The van der Waals surface area contributed by atoms with E-state index in [2.05, 4.69) is 10.6 Å². The number of nitrogens with one attached hydrogen (secondary N) is 3. The Morgan fingerprint density at radius 1 is 1.07 bits per heavy atom. The second-order valence-electron chi connectivity index (χ2n) is 7.96. The minimum atomic E-state index is -0.247. The van der Waals surface area contributed by atoms with Gasteiger partial charge in [-0.05, 0) is 62.9 Å². The van der Waals surface area contributed by atoms with Gasteiger partial charge in [0.05, 0.1) is 6.04 Å². The van der Waals surface area contributed by atoms with Gasteiger partial charge in [0.15, 0.2) is 6.54 Å². The van der Waals surface area contributed by atoms with Crippen molar-refractivity contribution in [2.75, 3.05) is 18.4 Å². The number of carbonyl (C=O) groups excluding carboxylic acids is 2. The Morgan fingerprint density at radius 3 is 2.50 bits per heavy atom. The first-order valence-electron chi connectivity index (χ1n) is 10.8. The van der Waals surface area contributed by atoms with Gasteiger partial charge in [-0.2, -0.15) is 0 Å². The van der Waals surface area contributed by atoms with Gasteiger partial charge in [-0.3, -0.25) is 9.59 Å². The number of anilines is 1. The fourth-order valence-corrected chi connectivity index (χ4v) is 4.14. The lowest BCUT2D eigenvalue weighted by Crippen LogP contribution is -3.15. The smallest absolute Gasteiger partial charge is 0.279 e. The molecule has 1 aliphatic rings. The number of quaternary nitrogens is 1. The summed E-state index contributed by atoms with van der Waals surface area (Å²) in [6, 6.07) is 14.0. The molecule has 0 saturated heterocycles. The van der Waals surface area contributed by atoms with Gasteiger partial charge in [-0.1, -0.05) is 24.6 Å². The van der Waals surface area contributed by atoms with Crippen molar-refractivity contribution < 1.29 is 18.9 Å². The van der Waals surface area contributed by atoms with Gasteiger partial charge in [0.2, 0.25) is 0 Å². The summed E-state index contributed by atoms with van der Waals surface area (Å²) in [7, 11) is 0. The summed E-state index contributed by atoms with van der Waals surface area (Å²) in [4.78, 5) is 26.1. The van der Waals surface area contributed by atoms with Crippen molar-refractivity contribution in [2.45, 2.75) is 51.6 Å². The number of halogens is 1. The molecule has 0 aliphatic heterocycles. The first kappa shape index (κ1) is 22.0. The molecule has 0 heterocycles. The highest BCUT2D eigenvalue weighted by Gasteiger charge is 2.27. The molecule has 1 fully saturated rings. The lowest BCUT2D eigenvalue weighted by Gasteiger charge is -2.31. The van der Waals surface area contributed by atoms with Gasteiger partial charge >= 0.3 is 0 Å². The van der Waals surface area contributed by atoms with Crippen LogP contribution in [0.4, 0.5) is 10.1 Å². The number of benzene rings is 2. The third-order valence-corrected chi connectivity index (χ3v) is 5.66. The predicted molar refractivity (Wildman–Crippen MR) is 116 cm³/mol. The maximum atomic E-state index is 13.3. The Balaban J connectivity index is 1.67. The van der Waals surface area contributed by atoms with E-state index in [0.29, 0.717) is 36.9 Å². The minimum absolute atomic E-state index is 0.0780. The molecule has 0 spiro atoms. The zero-order valence-electron chi connectivity index (χ0n) is 17.5. The Hall–Kier alpha value is -2.73. The van der Waals surface area contributed by atoms with Gasteiger partial charge in [0.25, 0.3) is 11.8 Å². The highest BCUT2D eigenvalue weighted by molar-refractivity contribution is 5.97. The maximum Gasteiger partial charge on any atom is 0.279 e. The molecule has 2 aromatic carbocycles. The van der Waals surface area contributed by atoms with E-state index >= 15 is 0 Å². The van der Waals surface area contributed by atoms with Crippen molar-refractivity contribution in [1.29, 1.82) is 0 Å². The Morgan fingerprint density at radius 2 is 1.80 bits per heavy atom. The van der Waals surface area contributed by atoms with Crippen molar-refractivity contribution >= 4 is 17.5 Å². The third kappa shape index (κ3) is 6.39. The lowest BCUT2D eigenvalue weighted by atomic mass is 9.93. The Bertz CT molecular complexity index is 848. The second-order valence-corrected chi connectivity index (χ2v) is 7.96. The van der Waals surface area contributed by atoms with Gasteiger partial charge in [0, 0.05) is 23.4 Å². The summed E-state index contributed by atoms with van der Waals surface area (Å²) in [5.74, 6) is -0.479. The monoisotopic (exact) mass is 412 g/mol. The molecule has 0 radical (unpaired) electrons. The van der Waals surface area contributed by atoms with Crippen LogP contribution in [0.2, 0.25) is 0 Å². The molecule has 5 nitrogen and oxygen atoms in total. The van der Waals surface area contributed by atoms with Crippen LogP contribution in [-0.4, -0.2) is 30.9 Å². The van der Waals surface area contributed by atoms with Crippen molar-refractivity contribution in [1.82, 2.24) is 5.32 Å². The normalized spacial score (nSPS) is 15.4. The number of amides is 2. The van der Waals surface area contributed by atoms with E-state index in [9.17, 15) is 14.0 Å². The van der Waals surface area contributed by atoms with Crippen LogP contribution >= 0.6 is 0 Å². The minimum Gasteiger partial charge on any atom is -0.352 e. The summed E-state index contributed by atoms with van der Waals surface area (Å²) in [6.45, 7) is 3.45. The molecule has 30 heavy (non-hydrogen) atoms. The summed E-state index contributed by atoms with van der Waals surface area (Å²) in [5.41, 5.74) is 2.17. The molecule has 1 unspecified atom stereocenters. The van der Waals surface area contributed by atoms with E-state index in [1.165, 1.54) is 36.3 Å². The molecule has 0 aromatic heterocycles. The number of hydrogen-bond acceptors (Lipinski definition) is 2. The van der Waals surface area contributed by atoms with Gasteiger partial charge in [-0.25, -0.2) is 4.39 Å². The van der Waals surface area contributed by atoms with Crippen molar-refractivity contribution in [3.8, 4) is 0 Å². The summed E-state index contributed by atoms with van der Waals surface area (Å²) < 4.78 is 13.3. The molecular weight excluding hydrogens is 381 g/mol. The first-order valence-corrected chi connectivity index (χ1v) is 10.8. The molecule has 1 aliphatic carbocycles. The number of hydrogen-bond donors (Lipinski definition) is 3. The van der Waals surface area contributed by atoms with Crippen LogP contribution in [0.15, 0.2) is 48.5 Å². The topological polar surface area (TPSA) is 62.6 Å². The summed E-state index contributed by atoms with van der Waals surface area (Å²) >= 11 is 0. The number of carbonyl (C=O) groups is 2. The predicted octanol–water partition coefficient (Wildman–Crippen LogP) is 2.93. The highest BCUT2D eigenvalue weighted by atomic mass is 19.1. The summed E-state index contributed by atoms with van der Waals surface area (Å²) in [5, 5.41) is 5.71. The van der Waals surface area contributed by atoms with E-state index in [-0.39, 0.29) is 17.6 Å². The fourth-order valence-electron chi connectivity index (χ4n) is 4.14. The Kier molecular flexibility index (Phi) is 7.97. The van der Waals surface area contributed by atoms with Gasteiger partial charge in [0.1, 0.15) is 12.4 Å². The maximum absolute atomic E-state index is 13.3. The van der Waals surface area contributed by atoms with Crippen LogP contribution in [0.25, 0.3) is 0 Å². The van der Waals surface area contributed by atoms with E-state index < -0.39 is 0 Å². The molecule has 1 atom stereocenters. The lowest BCUT2D eigenvalue weighted by molar-refractivity contribution is -0.932. The van der Waals surface area contributed by atoms with E-state index in [1.807, 2.05) is 6.92 Å². The molecule has 3 N–H and O–H groups in total. The largest absolute Gasteiger partial charge is 0.352 e. The van der Waals surface area contributed by atoms with E-state index in [4.69, 9.17) is 0 Å². The van der Waals surface area contributed by atoms with Crippen molar-refractivity contribution in [3.05, 3.63) is 65.5 Å². The third-order valence-electron chi connectivity index (χ3n) is 5.66. The molecule has 0 bridgehead atoms. The fraction of sp³-hybridized carbons (Fsp3) is 0.417. The molecule has 2 amide bonds. The molecule has 2 aromatic rings. The van der Waals surface area contributed by atoms with E-state index in [1.54, 1.807) is 36.4 Å². The van der Waals surface area contributed by atoms with Crippen LogP contribution < -0.4 is 15.5 Å². The first-order chi connectivity index (χ1) is 14.5. The van der Waals surface area contributed by atoms with Crippen LogP contribution in [0.3, 0.4) is 0 Å². The number of rotatable bonds is 8. The van der Waals surface area contributed by atoms with Crippen molar-refractivity contribution in [3.63, 3.8) is 0 Å². The van der Waals surface area contributed by atoms with Crippen LogP contribution in [0.5, 0.6) is 0 Å². The quantitative estimate of drug-likeness (QED) is 0.624. The zero-order chi connectivity index (χ0) is 21.3. The average molecular weight is 413 g/mol.